The van der Waals surface area contributed by atoms with Crippen molar-refractivity contribution in [1.82, 2.24) is 0 Å². The van der Waals surface area contributed by atoms with Gasteiger partial charge in [0, 0.05) is 0 Å². The van der Waals surface area contributed by atoms with E-state index in [1.54, 1.807) is 0 Å². The number of aldehydes is 1. The van der Waals surface area contributed by atoms with E-state index >= 15 is 0 Å². The van der Waals surface area contributed by atoms with Crippen LogP contribution in [-0.4, -0.2) is 52.5 Å². The lowest BCUT2D eigenvalue weighted by Gasteiger charge is -2.24. The molecular weight excluding hydrogens is 164 g/mol. The lowest BCUT2D eigenvalue weighted by molar-refractivity contribution is -0.110. The Morgan fingerprint density at radius 3 is 2.17 bits per heavy atom. The van der Waals surface area contributed by atoms with Crippen molar-refractivity contribution in [2.24, 2.45) is 11.5 Å². The number of carbonyl (C=O) groups is 1. The van der Waals surface area contributed by atoms with Crippen LogP contribution in [0.5, 0.6) is 0 Å². The van der Waals surface area contributed by atoms with Gasteiger partial charge in [0.1, 0.15) is 12.4 Å². The third-order valence-corrected chi connectivity index (χ3v) is 1.58. The molecule has 0 aromatic carbocycles. The first-order valence-electron chi connectivity index (χ1n) is 3.48. The molecule has 0 aromatic heterocycles. The normalized spacial score (nSPS) is 21.1. The molecule has 0 aliphatic heterocycles. The lowest BCUT2D eigenvalue weighted by atomic mass is 10.0. The average Bonchev–Trinajstić information content (AvgIpc) is 2.12. The molecule has 0 aliphatic rings. The fourth-order valence-electron chi connectivity index (χ4n) is 0.683. The summed E-state index contributed by atoms with van der Waals surface area (Å²) in [6.07, 6.45) is -2.39. The molecule has 0 bridgehead atoms. The van der Waals surface area contributed by atoms with Gasteiger partial charge in [-0.2, -0.15) is 0 Å². The lowest BCUT2D eigenvalue weighted by Crippen LogP contribution is -2.55. The molecule has 0 spiro atoms. The van der Waals surface area contributed by atoms with Gasteiger partial charge >= 0.3 is 0 Å². The van der Waals surface area contributed by atoms with E-state index < -0.39 is 30.9 Å². The maximum absolute atomic E-state index is 10.1. The van der Waals surface area contributed by atoms with Gasteiger partial charge in [0.05, 0.1) is 24.8 Å². The highest BCUT2D eigenvalue weighted by atomic mass is 16.4. The van der Waals surface area contributed by atoms with Crippen molar-refractivity contribution in [3.05, 3.63) is 0 Å². The number of hydrogen-bond acceptors (Lipinski definition) is 6. The van der Waals surface area contributed by atoms with Gasteiger partial charge in [0.25, 0.3) is 0 Å². The van der Waals surface area contributed by atoms with Gasteiger partial charge < -0.3 is 31.6 Å². The average molecular weight is 178 g/mol. The molecule has 72 valence electrons. The van der Waals surface area contributed by atoms with Gasteiger partial charge in [-0.25, -0.2) is 0 Å². The Hall–Kier alpha value is -0.530. The molecule has 6 nitrogen and oxygen atoms in total. The maximum atomic E-state index is 10.1. The molecule has 0 unspecified atom stereocenters. The van der Waals surface area contributed by atoms with E-state index in [9.17, 15) is 4.79 Å². The van der Waals surface area contributed by atoms with Gasteiger partial charge in [0.15, 0.2) is 0 Å². The molecule has 0 saturated carbocycles. The number of aliphatic hydroxyl groups excluding tert-OH is 3. The number of rotatable bonds is 5. The summed E-state index contributed by atoms with van der Waals surface area (Å²) in [5, 5.41) is 26.4. The van der Waals surface area contributed by atoms with E-state index in [1.165, 1.54) is 0 Å². The molecular formula is C6H14N2O4. The van der Waals surface area contributed by atoms with E-state index in [0.717, 1.165) is 0 Å². The van der Waals surface area contributed by atoms with Crippen LogP contribution in [0.3, 0.4) is 0 Å². The summed E-state index contributed by atoms with van der Waals surface area (Å²) in [6, 6.07) is -2.11. The number of hydrogen-bond donors (Lipinski definition) is 5. The van der Waals surface area contributed by atoms with Crippen LogP contribution in [0.1, 0.15) is 0 Å². The first-order chi connectivity index (χ1) is 5.54. The van der Waals surface area contributed by atoms with Crippen LogP contribution in [-0.2, 0) is 4.79 Å². The number of nitrogens with two attached hydrogens (primary N) is 2. The molecule has 6 heteroatoms. The van der Waals surface area contributed by atoms with Crippen LogP contribution < -0.4 is 11.5 Å². The minimum atomic E-state index is -1.39. The van der Waals surface area contributed by atoms with Crippen molar-refractivity contribution in [1.29, 1.82) is 0 Å². The van der Waals surface area contributed by atoms with E-state index in [0.29, 0.717) is 6.29 Å². The van der Waals surface area contributed by atoms with Gasteiger partial charge in [-0.05, 0) is 0 Å². The van der Waals surface area contributed by atoms with E-state index in [-0.39, 0.29) is 0 Å². The summed E-state index contributed by atoms with van der Waals surface area (Å²) in [5.74, 6) is 0. The largest absolute Gasteiger partial charge is 0.394 e. The molecule has 0 aliphatic carbocycles. The molecule has 7 N–H and O–H groups in total. The van der Waals surface area contributed by atoms with Crippen LogP contribution in [0.25, 0.3) is 0 Å². The molecule has 0 aromatic rings. The van der Waals surface area contributed by atoms with Crippen LogP contribution in [0.2, 0.25) is 0 Å². The van der Waals surface area contributed by atoms with Gasteiger partial charge in [-0.3, -0.25) is 0 Å². The smallest absolute Gasteiger partial charge is 0.138 e. The highest BCUT2D eigenvalue weighted by Crippen LogP contribution is 1.99. The highest BCUT2D eigenvalue weighted by molar-refractivity contribution is 5.58. The summed E-state index contributed by atoms with van der Waals surface area (Å²) in [5.41, 5.74) is 10.4. The van der Waals surface area contributed by atoms with E-state index in [2.05, 4.69) is 0 Å². The van der Waals surface area contributed by atoms with E-state index in [1.807, 2.05) is 0 Å². The molecule has 0 radical (unpaired) electrons. The third-order valence-electron chi connectivity index (χ3n) is 1.58. The summed E-state index contributed by atoms with van der Waals surface area (Å²) >= 11 is 0. The zero-order valence-electron chi connectivity index (χ0n) is 6.50. The minimum Gasteiger partial charge on any atom is -0.394 e. The quantitative estimate of drug-likeness (QED) is 0.278. The second-order valence-electron chi connectivity index (χ2n) is 2.53. The van der Waals surface area contributed by atoms with Crippen molar-refractivity contribution in [2.45, 2.75) is 24.3 Å². The predicted molar refractivity (Wildman–Crippen MR) is 41.1 cm³/mol. The first-order valence-corrected chi connectivity index (χ1v) is 3.48. The third kappa shape index (κ3) is 2.84. The summed E-state index contributed by atoms with van der Waals surface area (Å²) in [6.45, 7) is -0.625. The predicted octanol–water partition coefficient (Wildman–Crippen LogP) is -3.45. The molecule has 0 amide bonds. The molecule has 0 fully saturated rings. The van der Waals surface area contributed by atoms with Crippen LogP contribution in [0.4, 0.5) is 0 Å². The number of aliphatic hydroxyl groups is 3. The Morgan fingerprint density at radius 1 is 1.33 bits per heavy atom. The van der Waals surface area contributed by atoms with E-state index in [4.69, 9.17) is 26.8 Å². The molecule has 0 rings (SSSR count). The van der Waals surface area contributed by atoms with Crippen molar-refractivity contribution in [3.63, 3.8) is 0 Å². The molecule has 0 saturated heterocycles. The topological polar surface area (TPSA) is 130 Å². The van der Waals surface area contributed by atoms with Crippen LogP contribution in [0, 0.1) is 0 Å². The summed E-state index contributed by atoms with van der Waals surface area (Å²) < 4.78 is 0. The molecule has 12 heavy (non-hydrogen) atoms. The van der Waals surface area contributed by atoms with Crippen LogP contribution in [0.15, 0.2) is 0 Å². The second-order valence-corrected chi connectivity index (χ2v) is 2.53. The van der Waals surface area contributed by atoms with Crippen LogP contribution >= 0.6 is 0 Å². The van der Waals surface area contributed by atoms with Gasteiger partial charge in [-0.1, -0.05) is 0 Å². The van der Waals surface area contributed by atoms with Crippen molar-refractivity contribution < 1.29 is 20.1 Å². The highest BCUT2D eigenvalue weighted by Gasteiger charge is 2.27. The Morgan fingerprint density at radius 2 is 1.83 bits per heavy atom. The fourth-order valence-corrected chi connectivity index (χ4v) is 0.683. The summed E-state index contributed by atoms with van der Waals surface area (Å²) in [7, 11) is 0. The van der Waals surface area contributed by atoms with Crippen molar-refractivity contribution in [3.8, 4) is 0 Å². The zero-order chi connectivity index (χ0) is 9.72. The Labute approximate surface area is 69.8 Å². The van der Waals surface area contributed by atoms with Crippen molar-refractivity contribution >= 4 is 6.29 Å². The van der Waals surface area contributed by atoms with Crippen molar-refractivity contribution in [2.75, 3.05) is 6.61 Å². The second kappa shape index (κ2) is 5.18. The zero-order valence-corrected chi connectivity index (χ0v) is 6.50. The minimum absolute atomic E-state index is 0.373. The Kier molecular flexibility index (Phi) is 4.95. The Balaban J connectivity index is 4.07. The molecule has 4 atom stereocenters. The maximum Gasteiger partial charge on any atom is 0.138 e. The summed E-state index contributed by atoms with van der Waals surface area (Å²) in [4.78, 5) is 10.1. The van der Waals surface area contributed by atoms with Gasteiger partial charge in [0.2, 0.25) is 0 Å². The SMILES string of the molecule is N[C@H]([C@H](O)[C@H](O)CO)[C@@H](N)C=O. The van der Waals surface area contributed by atoms with Gasteiger partial charge in [-0.15, -0.1) is 0 Å². The molecule has 0 heterocycles. The standard InChI is InChI=1S/C6H14N2O4/c7-3(1-9)5(8)6(12)4(11)2-10/h1,3-6,10-12H,2,7-8H2/t3-,4+,5-,6+/m0/s1. The first kappa shape index (κ1) is 11.5. The Bertz CT molecular complexity index is 144. The number of carbonyl (C=O) groups excluding carboxylic acids is 1. The fraction of sp³-hybridized carbons (Fsp3) is 0.833. The monoisotopic (exact) mass is 178 g/mol.